The van der Waals surface area contributed by atoms with Crippen molar-refractivity contribution < 1.29 is 0 Å². The van der Waals surface area contributed by atoms with Crippen molar-refractivity contribution in [2.45, 2.75) is 19.9 Å². The van der Waals surface area contributed by atoms with Gasteiger partial charge in [0.15, 0.2) is 0 Å². The minimum absolute atomic E-state index is 0.149. The summed E-state index contributed by atoms with van der Waals surface area (Å²) in [6.45, 7) is 3.61. The zero-order valence-electron chi connectivity index (χ0n) is 8.95. The summed E-state index contributed by atoms with van der Waals surface area (Å²) in [4.78, 5) is 26.4. The lowest BCUT2D eigenvalue weighted by Crippen LogP contribution is -2.36. The maximum absolute atomic E-state index is 12.0. The standard InChI is InChI=1S/C11H11BrN2O2/c1-6(2)14-10(15)8-4-3-7(12)5-9(8)13-11(14)16/h3-6H,1-2H3,(H,13,16). The molecule has 0 unspecified atom stereocenters. The van der Waals surface area contributed by atoms with Gasteiger partial charge in [0.2, 0.25) is 0 Å². The third-order valence-electron chi connectivity index (χ3n) is 2.41. The number of aromatic amines is 1. The Morgan fingerprint density at radius 3 is 2.62 bits per heavy atom. The molecule has 4 nitrogen and oxygen atoms in total. The lowest BCUT2D eigenvalue weighted by atomic mass is 10.2. The molecule has 0 aliphatic heterocycles. The van der Waals surface area contributed by atoms with Crippen LogP contribution in [0, 0.1) is 0 Å². The molecule has 0 spiro atoms. The second kappa shape index (κ2) is 3.90. The van der Waals surface area contributed by atoms with Gasteiger partial charge in [0.05, 0.1) is 10.9 Å². The first-order valence-electron chi connectivity index (χ1n) is 4.95. The van der Waals surface area contributed by atoms with E-state index in [0.717, 1.165) is 4.47 Å². The minimum atomic E-state index is -0.370. The van der Waals surface area contributed by atoms with Crippen LogP contribution in [0.4, 0.5) is 0 Å². The predicted molar refractivity (Wildman–Crippen MR) is 66.9 cm³/mol. The Labute approximate surface area is 100 Å². The Bertz CT molecular complexity index is 655. The van der Waals surface area contributed by atoms with E-state index in [-0.39, 0.29) is 17.3 Å². The SMILES string of the molecule is CC(C)n1c(=O)[nH]c2cc(Br)ccc2c1=O. The fourth-order valence-electron chi connectivity index (χ4n) is 1.67. The maximum atomic E-state index is 12.0. The molecule has 1 heterocycles. The van der Waals surface area contributed by atoms with E-state index in [9.17, 15) is 9.59 Å². The van der Waals surface area contributed by atoms with Gasteiger partial charge < -0.3 is 4.98 Å². The maximum Gasteiger partial charge on any atom is 0.329 e. The average Bonchev–Trinajstić information content (AvgIpc) is 2.15. The molecule has 1 aromatic carbocycles. The molecule has 16 heavy (non-hydrogen) atoms. The predicted octanol–water partition coefficient (Wildman–Crippen LogP) is 2.03. The van der Waals surface area contributed by atoms with E-state index in [4.69, 9.17) is 0 Å². The Kier molecular flexibility index (Phi) is 2.71. The number of hydrogen-bond donors (Lipinski definition) is 1. The highest BCUT2D eigenvalue weighted by Gasteiger charge is 2.09. The molecule has 0 aliphatic rings. The summed E-state index contributed by atoms with van der Waals surface area (Å²) in [6.07, 6.45) is 0. The molecule has 0 radical (unpaired) electrons. The normalized spacial score (nSPS) is 11.2. The molecule has 1 N–H and O–H groups in total. The van der Waals surface area contributed by atoms with Gasteiger partial charge in [0, 0.05) is 10.5 Å². The second-order valence-corrected chi connectivity index (χ2v) is 4.80. The van der Waals surface area contributed by atoms with E-state index in [1.165, 1.54) is 4.57 Å². The molecule has 2 rings (SSSR count). The highest BCUT2D eigenvalue weighted by atomic mass is 79.9. The lowest BCUT2D eigenvalue weighted by molar-refractivity contribution is 0.552. The van der Waals surface area contributed by atoms with Crippen molar-refractivity contribution in [2.24, 2.45) is 0 Å². The number of rotatable bonds is 1. The Morgan fingerprint density at radius 2 is 2.00 bits per heavy atom. The van der Waals surface area contributed by atoms with Crippen LogP contribution in [0.25, 0.3) is 10.9 Å². The van der Waals surface area contributed by atoms with E-state index < -0.39 is 0 Å². The summed E-state index contributed by atoms with van der Waals surface area (Å²) in [5, 5.41) is 0.525. The van der Waals surface area contributed by atoms with Crippen molar-refractivity contribution >= 4 is 26.8 Å². The van der Waals surface area contributed by atoms with Crippen LogP contribution in [0.5, 0.6) is 0 Å². The Balaban J connectivity index is 2.95. The van der Waals surface area contributed by atoms with E-state index >= 15 is 0 Å². The van der Waals surface area contributed by atoms with Gasteiger partial charge in [0.1, 0.15) is 0 Å². The van der Waals surface area contributed by atoms with Gasteiger partial charge in [-0.05, 0) is 32.0 Å². The van der Waals surface area contributed by atoms with E-state index in [1.54, 1.807) is 32.0 Å². The number of H-pyrrole nitrogens is 1. The third kappa shape index (κ3) is 1.71. The van der Waals surface area contributed by atoms with E-state index in [2.05, 4.69) is 20.9 Å². The van der Waals surface area contributed by atoms with Crippen LogP contribution in [0.1, 0.15) is 19.9 Å². The van der Waals surface area contributed by atoms with Gasteiger partial charge in [0.25, 0.3) is 5.56 Å². The van der Waals surface area contributed by atoms with Crippen molar-refractivity contribution in [1.29, 1.82) is 0 Å². The molecule has 0 fully saturated rings. The molecule has 0 saturated carbocycles. The number of nitrogens with zero attached hydrogens (tertiary/aromatic N) is 1. The number of fused-ring (bicyclic) bond motifs is 1. The van der Waals surface area contributed by atoms with Gasteiger partial charge in [-0.3, -0.25) is 9.36 Å². The van der Waals surface area contributed by atoms with Crippen molar-refractivity contribution in [2.75, 3.05) is 0 Å². The summed E-state index contributed by atoms with van der Waals surface area (Å²) in [7, 11) is 0. The van der Waals surface area contributed by atoms with Crippen LogP contribution >= 0.6 is 15.9 Å². The number of halogens is 1. The molecule has 2 aromatic rings. The van der Waals surface area contributed by atoms with Crippen molar-refractivity contribution in [3.05, 3.63) is 43.5 Å². The van der Waals surface area contributed by atoms with Crippen LogP contribution in [-0.4, -0.2) is 9.55 Å². The van der Waals surface area contributed by atoms with Gasteiger partial charge in [-0.1, -0.05) is 15.9 Å². The van der Waals surface area contributed by atoms with Gasteiger partial charge in [-0.15, -0.1) is 0 Å². The quantitative estimate of drug-likeness (QED) is 0.870. The molecular weight excluding hydrogens is 272 g/mol. The lowest BCUT2D eigenvalue weighted by Gasteiger charge is -2.09. The van der Waals surface area contributed by atoms with E-state index in [0.29, 0.717) is 10.9 Å². The Morgan fingerprint density at radius 1 is 1.31 bits per heavy atom. The van der Waals surface area contributed by atoms with Crippen LogP contribution < -0.4 is 11.2 Å². The largest absolute Gasteiger partial charge is 0.329 e. The van der Waals surface area contributed by atoms with E-state index in [1.807, 2.05) is 0 Å². The second-order valence-electron chi connectivity index (χ2n) is 3.89. The molecule has 0 aliphatic carbocycles. The van der Waals surface area contributed by atoms with Crippen molar-refractivity contribution in [3.8, 4) is 0 Å². The van der Waals surface area contributed by atoms with Crippen LogP contribution in [0.2, 0.25) is 0 Å². The molecule has 0 amide bonds. The molecule has 0 bridgehead atoms. The number of aromatic nitrogens is 2. The molecule has 5 heteroatoms. The molecule has 84 valence electrons. The summed E-state index contributed by atoms with van der Waals surface area (Å²) >= 11 is 3.30. The minimum Gasteiger partial charge on any atom is -0.307 e. The fraction of sp³-hybridized carbons (Fsp3) is 0.273. The van der Waals surface area contributed by atoms with Gasteiger partial charge >= 0.3 is 5.69 Å². The first-order valence-corrected chi connectivity index (χ1v) is 5.74. The van der Waals surface area contributed by atoms with Crippen molar-refractivity contribution in [3.63, 3.8) is 0 Å². The van der Waals surface area contributed by atoms with Gasteiger partial charge in [-0.25, -0.2) is 4.79 Å². The summed E-state index contributed by atoms with van der Waals surface area (Å²) in [5.41, 5.74) is -0.0619. The van der Waals surface area contributed by atoms with Crippen molar-refractivity contribution in [1.82, 2.24) is 9.55 Å². The monoisotopic (exact) mass is 282 g/mol. The van der Waals surface area contributed by atoms with Crippen LogP contribution in [0.15, 0.2) is 32.3 Å². The summed E-state index contributed by atoms with van der Waals surface area (Å²) < 4.78 is 2.05. The first-order chi connectivity index (χ1) is 7.50. The highest BCUT2D eigenvalue weighted by molar-refractivity contribution is 9.10. The summed E-state index contributed by atoms with van der Waals surface area (Å²) in [6, 6.07) is 5.07. The molecular formula is C11H11BrN2O2. The number of hydrogen-bond acceptors (Lipinski definition) is 2. The van der Waals surface area contributed by atoms with Gasteiger partial charge in [-0.2, -0.15) is 0 Å². The highest BCUT2D eigenvalue weighted by Crippen LogP contribution is 2.14. The average molecular weight is 283 g/mol. The number of benzene rings is 1. The molecule has 1 aromatic heterocycles. The Hall–Kier alpha value is -1.36. The van der Waals surface area contributed by atoms with Crippen LogP contribution in [-0.2, 0) is 0 Å². The fourth-order valence-corrected chi connectivity index (χ4v) is 2.03. The third-order valence-corrected chi connectivity index (χ3v) is 2.90. The summed E-state index contributed by atoms with van der Waals surface area (Å²) in [5.74, 6) is 0. The molecule has 0 atom stereocenters. The zero-order chi connectivity index (χ0) is 11.9. The smallest absolute Gasteiger partial charge is 0.307 e. The van der Waals surface area contributed by atoms with Crippen LogP contribution in [0.3, 0.4) is 0 Å². The number of nitrogens with one attached hydrogen (secondary N) is 1. The molecule has 0 saturated heterocycles. The zero-order valence-corrected chi connectivity index (χ0v) is 10.5. The topological polar surface area (TPSA) is 54.9 Å². The first kappa shape index (κ1) is 11.1.